The van der Waals surface area contributed by atoms with Gasteiger partial charge in [-0.1, -0.05) is 12.1 Å². The number of H-pyrrole nitrogens is 1. The molecule has 1 aliphatic carbocycles. The fraction of sp³-hybridized carbons (Fsp3) is 0.500. The molecule has 0 saturated carbocycles. The highest BCUT2D eigenvalue weighted by Gasteiger charge is 2.38. The maximum atomic E-state index is 11.2. The maximum Gasteiger partial charge on any atom is 0.306 e. The number of carboxylic acids is 1. The van der Waals surface area contributed by atoms with Crippen molar-refractivity contribution in [1.82, 2.24) is 4.98 Å². The summed E-state index contributed by atoms with van der Waals surface area (Å²) in [6, 6.07) is 4.47. The zero-order valence-corrected chi connectivity index (χ0v) is 12.9. The minimum absolute atomic E-state index is 0.00495. The van der Waals surface area contributed by atoms with Crippen molar-refractivity contribution in [2.75, 3.05) is 6.61 Å². The lowest BCUT2D eigenvalue weighted by atomic mass is 9.88. The average molecular weight is 299 g/mol. The Kier molecular flexibility index (Phi) is 3.05. The van der Waals surface area contributed by atoms with Crippen LogP contribution in [-0.2, 0) is 34.4 Å². The van der Waals surface area contributed by atoms with E-state index in [2.05, 4.69) is 17.1 Å². The van der Waals surface area contributed by atoms with Gasteiger partial charge in [-0.3, -0.25) is 4.79 Å². The van der Waals surface area contributed by atoms with Crippen molar-refractivity contribution >= 4 is 16.9 Å². The van der Waals surface area contributed by atoms with E-state index in [1.165, 1.54) is 40.4 Å². The van der Waals surface area contributed by atoms with Gasteiger partial charge in [-0.05, 0) is 55.7 Å². The molecule has 2 aromatic rings. The Labute approximate surface area is 129 Å². The number of aryl methyl sites for hydroxylation is 2. The molecule has 1 aromatic carbocycles. The Hall–Kier alpha value is -1.81. The van der Waals surface area contributed by atoms with E-state index in [9.17, 15) is 9.90 Å². The van der Waals surface area contributed by atoms with Crippen LogP contribution in [-0.4, -0.2) is 22.7 Å². The van der Waals surface area contributed by atoms with Crippen LogP contribution in [0.15, 0.2) is 12.1 Å². The fourth-order valence-electron chi connectivity index (χ4n) is 4.15. The average Bonchev–Trinajstić information content (AvgIpc) is 2.87. The highest BCUT2D eigenvalue weighted by atomic mass is 16.5. The summed E-state index contributed by atoms with van der Waals surface area (Å²) in [7, 11) is 0. The van der Waals surface area contributed by atoms with Crippen LogP contribution >= 0.6 is 0 Å². The highest BCUT2D eigenvalue weighted by Crippen LogP contribution is 2.41. The summed E-state index contributed by atoms with van der Waals surface area (Å²) < 4.78 is 5.86. The van der Waals surface area contributed by atoms with Gasteiger partial charge in [0.15, 0.2) is 0 Å². The first-order valence-electron chi connectivity index (χ1n) is 8.10. The number of rotatable bonds is 2. The van der Waals surface area contributed by atoms with Gasteiger partial charge in [0.1, 0.15) is 5.60 Å². The molecule has 4 rings (SSSR count). The molecule has 0 fully saturated rings. The molecule has 116 valence electrons. The van der Waals surface area contributed by atoms with Crippen molar-refractivity contribution in [3.05, 3.63) is 34.5 Å². The molecule has 2 heterocycles. The minimum atomic E-state index is -0.823. The quantitative estimate of drug-likeness (QED) is 0.894. The fourth-order valence-corrected chi connectivity index (χ4v) is 4.15. The molecule has 1 aromatic heterocycles. The molecule has 1 unspecified atom stereocenters. The number of carbonyl (C=O) groups is 1. The van der Waals surface area contributed by atoms with Gasteiger partial charge >= 0.3 is 5.97 Å². The summed E-state index contributed by atoms with van der Waals surface area (Å²) in [6.07, 6.45) is 5.61. The zero-order chi connectivity index (χ0) is 15.3. The molecular formula is C18H21NO3. The first-order chi connectivity index (χ1) is 10.6. The predicted molar refractivity (Wildman–Crippen MR) is 84.2 cm³/mol. The molecule has 22 heavy (non-hydrogen) atoms. The number of aliphatic carboxylic acids is 1. The second-order valence-corrected chi connectivity index (χ2v) is 6.71. The lowest BCUT2D eigenvalue weighted by Crippen LogP contribution is -2.34. The highest BCUT2D eigenvalue weighted by molar-refractivity contribution is 5.89. The number of nitrogens with one attached hydrogen (secondary N) is 1. The van der Waals surface area contributed by atoms with E-state index in [-0.39, 0.29) is 6.42 Å². The van der Waals surface area contributed by atoms with Crippen LogP contribution in [0.3, 0.4) is 0 Å². The predicted octanol–water partition coefficient (Wildman–Crippen LogP) is 3.31. The van der Waals surface area contributed by atoms with Crippen LogP contribution in [0.1, 0.15) is 48.6 Å². The third-order valence-corrected chi connectivity index (χ3v) is 5.20. The maximum absolute atomic E-state index is 11.2. The monoisotopic (exact) mass is 299 g/mol. The SMILES string of the molecule is CC1(CC(=O)O)OCCc2c1[nH]c1c3c(ccc21)CCCC3. The number of hydrogen-bond acceptors (Lipinski definition) is 2. The smallest absolute Gasteiger partial charge is 0.306 e. The largest absolute Gasteiger partial charge is 0.481 e. The second kappa shape index (κ2) is 4.85. The van der Waals surface area contributed by atoms with Gasteiger partial charge in [0, 0.05) is 10.9 Å². The number of fused-ring (bicyclic) bond motifs is 5. The molecule has 4 nitrogen and oxygen atoms in total. The number of ether oxygens (including phenoxy) is 1. The van der Waals surface area contributed by atoms with Gasteiger partial charge in [-0.15, -0.1) is 0 Å². The molecule has 1 aliphatic heterocycles. The summed E-state index contributed by atoms with van der Waals surface area (Å²) >= 11 is 0. The summed E-state index contributed by atoms with van der Waals surface area (Å²) in [5, 5.41) is 10.5. The van der Waals surface area contributed by atoms with Gasteiger partial charge in [0.2, 0.25) is 0 Å². The van der Waals surface area contributed by atoms with Crippen LogP contribution in [0.25, 0.3) is 10.9 Å². The summed E-state index contributed by atoms with van der Waals surface area (Å²) in [4.78, 5) is 14.8. The Bertz CT molecular complexity index is 761. The number of aromatic nitrogens is 1. The van der Waals surface area contributed by atoms with Gasteiger partial charge in [0.05, 0.1) is 18.7 Å². The first-order valence-corrected chi connectivity index (χ1v) is 8.10. The van der Waals surface area contributed by atoms with Gasteiger partial charge < -0.3 is 14.8 Å². The summed E-state index contributed by atoms with van der Waals surface area (Å²) in [5.74, 6) is -0.823. The normalized spacial score (nSPS) is 24.0. The second-order valence-electron chi connectivity index (χ2n) is 6.71. The lowest BCUT2D eigenvalue weighted by molar-refractivity contribution is -0.146. The standard InChI is InChI=1S/C18H21NO3/c1-18(10-15(20)21)17-14(8-9-22-18)13-7-6-11-4-2-3-5-12(11)16(13)19-17/h6-7,19H,2-5,8-10H2,1H3,(H,20,21). The van der Waals surface area contributed by atoms with Crippen LogP contribution in [0.4, 0.5) is 0 Å². The van der Waals surface area contributed by atoms with E-state index in [1.807, 2.05) is 6.92 Å². The van der Waals surface area contributed by atoms with Crippen LogP contribution in [0.5, 0.6) is 0 Å². The molecule has 0 bridgehead atoms. The van der Waals surface area contributed by atoms with Crippen molar-refractivity contribution < 1.29 is 14.6 Å². The molecule has 2 N–H and O–H groups in total. The molecule has 0 amide bonds. The number of aromatic amines is 1. The van der Waals surface area contributed by atoms with E-state index in [0.29, 0.717) is 6.61 Å². The topological polar surface area (TPSA) is 62.3 Å². The Morgan fingerprint density at radius 3 is 2.91 bits per heavy atom. The first kappa shape index (κ1) is 13.8. The molecule has 1 atom stereocenters. The summed E-state index contributed by atoms with van der Waals surface area (Å²) in [5.41, 5.74) is 5.55. The van der Waals surface area contributed by atoms with Crippen molar-refractivity contribution in [3.63, 3.8) is 0 Å². The van der Waals surface area contributed by atoms with Gasteiger partial charge in [-0.25, -0.2) is 0 Å². The third kappa shape index (κ3) is 1.97. The molecule has 0 saturated heterocycles. The van der Waals surface area contributed by atoms with E-state index in [0.717, 1.165) is 25.0 Å². The molecule has 0 spiro atoms. The third-order valence-electron chi connectivity index (χ3n) is 5.20. The summed E-state index contributed by atoms with van der Waals surface area (Å²) in [6.45, 7) is 2.47. The van der Waals surface area contributed by atoms with Crippen LogP contribution < -0.4 is 0 Å². The molecular weight excluding hydrogens is 278 g/mol. The van der Waals surface area contributed by atoms with Crippen molar-refractivity contribution in [3.8, 4) is 0 Å². The Balaban J connectivity index is 1.93. The minimum Gasteiger partial charge on any atom is -0.481 e. The molecule has 4 heteroatoms. The Morgan fingerprint density at radius 2 is 2.09 bits per heavy atom. The van der Waals surface area contributed by atoms with E-state index in [1.54, 1.807) is 0 Å². The van der Waals surface area contributed by atoms with Crippen molar-refractivity contribution in [2.24, 2.45) is 0 Å². The van der Waals surface area contributed by atoms with E-state index in [4.69, 9.17) is 4.74 Å². The van der Waals surface area contributed by atoms with Crippen LogP contribution in [0.2, 0.25) is 0 Å². The van der Waals surface area contributed by atoms with Gasteiger partial charge in [0.25, 0.3) is 0 Å². The lowest BCUT2D eigenvalue weighted by Gasteiger charge is -2.32. The number of benzene rings is 1. The Morgan fingerprint density at radius 1 is 1.27 bits per heavy atom. The van der Waals surface area contributed by atoms with Gasteiger partial charge in [-0.2, -0.15) is 0 Å². The zero-order valence-electron chi connectivity index (χ0n) is 12.9. The van der Waals surface area contributed by atoms with E-state index >= 15 is 0 Å². The van der Waals surface area contributed by atoms with Crippen molar-refractivity contribution in [1.29, 1.82) is 0 Å². The molecule has 2 aliphatic rings. The number of hydrogen-bond donors (Lipinski definition) is 2. The van der Waals surface area contributed by atoms with E-state index < -0.39 is 11.6 Å². The van der Waals surface area contributed by atoms with Crippen LogP contribution in [0, 0.1) is 0 Å². The number of carboxylic acid groups (broad SMARTS) is 1. The molecule has 0 radical (unpaired) electrons. The van der Waals surface area contributed by atoms with Crippen molar-refractivity contribution in [2.45, 2.75) is 51.0 Å².